The molecule has 0 aliphatic heterocycles. The molecule has 0 aliphatic carbocycles. The van der Waals surface area contributed by atoms with Crippen molar-refractivity contribution in [2.45, 2.75) is 0 Å². The number of hydrogen-bond donors (Lipinski definition) is 0. The van der Waals surface area contributed by atoms with Crippen LogP contribution < -0.4 is 0 Å². The number of nitrogens with zero attached hydrogens (tertiary/aromatic N) is 4. The van der Waals surface area contributed by atoms with Crippen molar-refractivity contribution < 1.29 is 4.92 Å². The zero-order valence-electron chi connectivity index (χ0n) is 9.52. The Bertz CT molecular complexity index is 784. The van der Waals surface area contributed by atoms with Crippen LogP contribution in [0.25, 0.3) is 16.9 Å². The Morgan fingerprint density at radius 1 is 1.21 bits per heavy atom. The number of nitro groups is 1. The average molecular weight is 275 g/mol. The molecule has 3 aromatic rings. The number of fused-ring (bicyclic) bond motifs is 1. The molecule has 0 fully saturated rings. The van der Waals surface area contributed by atoms with E-state index < -0.39 is 4.92 Å². The molecule has 0 radical (unpaired) electrons. The number of aromatic nitrogens is 3. The average Bonchev–Trinajstić information content (AvgIpc) is 2.82. The van der Waals surface area contributed by atoms with Crippen LogP contribution in [0.15, 0.2) is 42.7 Å². The van der Waals surface area contributed by atoms with E-state index in [4.69, 9.17) is 11.6 Å². The van der Waals surface area contributed by atoms with Crippen LogP contribution in [-0.2, 0) is 0 Å². The van der Waals surface area contributed by atoms with E-state index in [0.29, 0.717) is 0 Å². The van der Waals surface area contributed by atoms with Gasteiger partial charge in [0.1, 0.15) is 11.5 Å². The maximum Gasteiger partial charge on any atom is 0.312 e. The minimum atomic E-state index is -0.493. The molecule has 6 nitrogen and oxygen atoms in total. The fraction of sp³-hybridized carbons (Fsp3) is 0. The molecular formula is C12H7ClN4O2. The highest BCUT2D eigenvalue weighted by Gasteiger charge is 2.19. The first-order chi connectivity index (χ1) is 9.16. The molecule has 0 amide bonds. The van der Waals surface area contributed by atoms with Crippen molar-refractivity contribution in [1.82, 2.24) is 14.5 Å². The van der Waals surface area contributed by atoms with Crippen molar-refractivity contribution in [3.63, 3.8) is 0 Å². The van der Waals surface area contributed by atoms with Gasteiger partial charge in [0, 0.05) is 6.07 Å². The topological polar surface area (TPSA) is 73.8 Å². The van der Waals surface area contributed by atoms with Crippen molar-refractivity contribution in [2.75, 3.05) is 0 Å². The predicted octanol–water partition coefficient (Wildman–Crippen LogP) is 2.98. The number of hydrogen-bond acceptors (Lipinski definition) is 4. The van der Waals surface area contributed by atoms with Crippen LogP contribution in [0.5, 0.6) is 0 Å². The molecule has 19 heavy (non-hydrogen) atoms. The second-order valence-electron chi connectivity index (χ2n) is 3.84. The number of benzene rings is 1. The third kappa shape index (κ3) is 1.92. The van der Waals surface area contributed by atoms with Gasteiger partial charge >= 0.3 is 5.69 Å². The third-order valence-corrected chi connectivity index (χ3v) is 2.91. The number of imidazole rings is 1. The van der Waals surface area contributed by atoms with E-state index in [2.05, 4.69) is 9.97 Å². The van der Waals surface area contributed by atoms with E-state index in [9.17, 15) is 10.1 Å². The van der Waals surface area contributed by atoms with Gasteiger partial charge in [-0.3, -0.25) is 14.7 Å². The number of rotatable bonds is 2. The SMILES string of the molecule is O=[N+]([O-])c1ccc(Cl)nc1-n1cnc2ccccc21. The number of halogens is 1. The Morgan fingerprint density at radius 2 is 2.00 bits per heavy atom. The summed E-state index contributed by atoms with van der Waals surface area (Å²) in [6, 6.07) is 10.0. The highest BCUT2D eigenvalue weighted by Crippen LogP contribution is 2.26. The van der Waals surface area contributed by atoms with Crippen molar-refractivity contribution in [2.24, 2.45) is 0 Å². The van der Waals surface area contributed by atoms with Gasteiger partial charge in [-0.25, -0.2) is 9.97 Å². The van der Waals surface area contributed by atoms with Crippen molar-refractivity contribution in [1.29, 1.82) is 0 Å². The first-order valence-electron chi connectivity index (χ1n) is 5.40. The summed E-state index contributed by atoms with van der Waals surface area (Å²) in [4.78, 5) is 18.8. The Labute approximate surface area is 112 Å². The van der Waals surface area contributed by atoms with E-state index >= 15 is 0 Å². The minimum absolute atomic E-state index is 0.118. The van der Waals surface area contributed by atoms with Crippen LogP contribution in [-0.4, -0.2) is 19.5 Å². The molecule has 3 rings (SSSR count). The molecule has 1 aromatic carbocycles. The molecule has 0 spiro atoms. The highest BCUT2D eigenvalue weighted by atomic mass is 35.5. The molecule has 7 heteroatoms. The van der Waals surface area contributed by atoms with Crippen LogP contribution in [0, 0.1) is 10.1 Å². The van der Waals surface area contributed by atoms with Gasteiger partial charge in [0.05, 0.1) is 16.0 Å². The van der Waals surface area contributed by atoms with E-state index in [1.807, 2.05) is 24.3 Å². The van der Waals surface area contributed by atoms with Crippen LogP contribution in [0.1, 0.15) is 0 Å². The zero-order chi connectivity index (χ0) is 13.4. The summed E-state index contributed by atoms with van der Waals surface area (Å²) < 4.78 is 1.55. The Hall–Kier alpha value is -2.47. The smallest absolute Gasteiger partial charge is 0.277 e. The lowest BCUT2D eigenvalue weighted by Gasteiger charge is -2.04. The second-order valence-corrected chi connectivity index (χ2v) is 4.22. The second kappa shape index (κ2) is 4.33. The minimum Gasteiger partial charge on any atom is -0.277 e. The summed E-state index contributed by atoms with van der Waals surface area (Å²) >= 11 is 5.82. The molecule has 94 valence electrons. The number of pyridine rings is 1. The zero-order valence-corrected chi connectivity index (χ0v) is 10.3. The van der Waals surface area contributed by atoms with E-state index in [1.165, 1.54) is 18.5 Å². The monoisotopic (exact) mass is 274 g/mol. The van der Waals surface area contributed by atoms with E-state index in [0.717, 1.165) is 11.0 Å². The first-order valence-corrected chi connectivity index (χ1v) is 5.78. The molecular weight excluding hydrogens is 268 g/mol. The van der Waals surface area contributed by atoms with Gasteiger partial charge in [-0.05, 0) is 18.2 Å². The van der Waals surface area contributed by atoms with Gasteiger partial charge in [-0.15, -0.1) is 0 Å². The van der Waals surface area contributed by atoms with Crippen LogP contribution in [0.3, 0.4) is 0 Å². The fourth-order valence-electron chi connectivity index (χ4n) is 1.87. The molecule has 0 saturated heterocycles. The van der Waals surface area contributed by atoms with Crippen molar-refractivity contribution in [3.8, 4) is 5.82 Å². The quantitative estimate of drug-likeness (QED) is 0.409. The molecule has 0 atom stereocenters. The van der Waals surface area contributed by atoms with Gasteiger partial charge in [-0.2, -0.15) is 0 Å². The molecule has 0 saturated carbocycles. The van der Waals surface area contributed by atoms with Gasteiger partial charge in [-0.1, -0.05) is 23.7 Å². The normalized spacial score (nSPS) is 10.8. The summed E-state index contributed by atoms with van der Waals surface area (Å²) in [6.07, 6.45) is 1.50. The van der Waals surface area contributed by atoms with E-state index in [-0.39, 0.29) is 16.7 Å². The molecule has 0 bridgehead atoms. The van der Waals surface area contributed by atoms with Crippen molar-refractivity contribution >= 4 is 28.3 Å². The summed E-state index contributed by atoms with van der Waals surface area (Å²) in [5.74, 6) is 0.159. The maximum absolute atomic E-state index is 11.1. The van der Waals surface area contributed by atoms with Gasteiger partial charge in [0.2, 0.25) is 5.82 Å². The summed E-state index contributed by atoms with van der Waals surface area (Å²) in [5, 5.41) is 11.2. The molecule has 0 N–H and O–H groups in total. The van der Waals surface area contributed by atoms with Crippen LogP contribution in [0.2, 0.25) is 5.15 Å². The van der Waals surface area contributed by atoms with Crippen molar-refractivity contribution in [3.05, 3.63) is 58.0 Å². The Morgan fingerprint density at radius 3 is 2.79 bits per heavy atom. The summed E-state index contributed by atoms with van der Waals surface area (Å²) in [7, 11) is 0. The number of para-hydroxylation sites is 2. The van der Waals surface area contributed by atoms with E-state index in [1.54, 1.807) is 4.57 Å². The third-order valence-electron chi connectivity index (χ3n) is 2.70. The van der Waals surface area contributed by atoms with Crippen LogP contribution in [0.4, 0.5) is 5.69 Å². The molecule has 0 unspecified atom stereocenters. The predicted molar refractivity (Wildman–Crippen MR) is 70.5 cm³/mol. The lowest BCUT2D eigenvalue weighted by molar-refractivity contribution is -0.384. The lowest BCUT2D eigenvalue weighted by Crippen LogP contribution is -2.02. The maximum atomic E-state index is 11.1. The summed E-state index contributed by atoms with van der Waals surface area (Å²) in [5.41, 5.74) is 1.35. The largest absolute Gasteiger partial charge is 0.312 e. The van der Waals surface area contributed by atoms with Gasteiger partial charge in [0.25, 0.3) is 0 Å². The first kappa shape index (κ1) is 11.6. The Balaban J connectivity index is 2.32. The lowest BCUT2D eigenvalue weighted by atomic mass is 10.3. The molecule has 2 heterocycles. The van der Waals surface area contributed by atoms with Gasteiger partial charge in [0.15, 0.2) is 0 Å². The highest BCUT2D eigenvalue weighted by molar-refractivity contribution is 6.29. The van der Waals surface area contributed by atoms with Crippen LogP contribution >= 0.6 is 11.6 Å². The Kier molecular flexibility index (Phi) is 2.64. The van der Waals surface area contributed by atoms with Gasteiger partial charge < -0.3 is 0 Å². The fourth-order valence-corrected chi connectivity index (χ4v) is 2.01. The summed E-state index contributed by atoms with van der Waals surface area (Å²) in [6.45, 7) is 0. The molecule has 2 aromatic heterocycles. The standard InChI is InChI=1S/C12H7ClN4O2/c13-11-6-5-10(17(18)19)12(15-11)16-7-14-8-3-1-2-4-9(8)16/h1-7H. The molecule has 0 aliphatic rings.